The van der Waals surface area contributed by atoms with Gasteiger partial charge in [0.05, 0.1) is 33.1 Å². The standard InChI is InChI=1S/C24H22Cl2N4O2S/c1-12-17(26)7-8-18-20(12)29-23(28-18)19-10-16(32-3)11-30(19)24(31)21-22(33-13(2)27-21)14-5-4-6-15(25)9-14/h4-9,16,19H,10-11H2,1-3H3,(H,28,29)/t16-,19+/m1/s1. The highest BCUT2D eigenvalue weighted by Crippen LogP contribution is 2.38. The molecular weight excluding hydrogens is 479 g/mol. The van der Waals surface area contributed by atoms with Crippen molar-refractivity contribution >= 4 is 51.5 Å². The Kier molecular flexibility index (Phi) is 5.91. The maximum absolute atomic E-state index is 13.8. The topological polar surface area (TPSA) is 71.1 Å². The molecule has 1 saturated heterocycles. The number of hydrogen-bond acceptors (Lipinski definition) is 5. The SMILES string of the molecule is CO[C@@H]1C[C@@H](c2nc3c(C)c(Cl)ccc3[nH]2)N(C(=O)c2nc(C)sc2-c2cccc(Cl)c2)C1. The first-order valence-electron chi connectivity index (χ1n) is 10.6. The van der Waals surface area contributed by atoms with Gasteiger partial charge >= 0.3 is 0 Å². The molecular formula is C24H22Cl2N4O2S. The van der Waals surface area contributed by atoms with Crippen LogP contribution in [0.4, 0.5) is 0 Å². The normalized spacial score (nSPS) is 18.4. The lowest BCUT2D eigenvalue weighted by Gasteiger charge is -2.22. The molecule has 6 nitrogen and oxygen atoms in total. The molecule has 1 amide bonds. The van der Waals surface area contributed by atoms with Gasteiger partial charge in [0.25, 0.3) is 5.91 Å². The Bertz CT molecular complexity index is 1370. The second-order valence-electron chi connectivity index (χ2n) is 8.18. The second-order valence-corrected chi connectivity index (χ2v) is 10.2. The largest absolute Gasteiger partial charge is 0.380 e. The predicted molar refractivity (Wildman–Crippen MR) is 132 cm³/mol. The van der Waals surface area contributed by atoms with Crippen molar-refractivity contribution in [1.82, 2.24) is 19.9 Å². The summed E-state index contributed by atoms with van der Waals surface area (Å²) in [7, 11) is 1.67. The average molecular weight is 501 g/mol. The molecule has 2 aromatic carbocycles. The molecule has 0 spiro atoms. The number of likely N-dealkylation sites (tertiary alicyclic amines) is 1. The van der Waals surface area contributed by atoms with Crippen LogP contribution in [0.25, 0.3) is 21.5 Å². The molecule has 33 heavy (non-hydrogen) atoms. The first kappa shape index (κ1) is 22.3. The Labute approximate surface area is 205 Å². The maximum Gasteiger partial charge on any atom is 0.274 e. The van der Waals surface area contributed by atoms with Crippen LogP contribution in [0.3, 0.4) is 0 Å². The van der Waals surface area contributed by atoms with Crippen molar-refractivity contribution in [2.45, 2.75) is 32.4 Å². The number of nitrogens with one attached hydrogen (secondary N) is 1. The Hall–Kier alpha value is -2.45. The van der Waals surface area contributed by atoms with E-state index in [9.17, 15) is 4.79 Å². The number of amides is 1. The summed E-state index contributed by atoms with van der Waals surface area (Å²) < 4.78 is 5.64. The summed E-state index contributed by atoms with van der Waals surface area (Å²) in [4.78, 5) is 29.3. The van der Waals surface area contributed by atoms with Crippen LogP contribution in [-0.2, 0) is 4.74 Å². The Morgan fingerprint density at radius 3 is 2.79 bits per heavy atom. The van der Waals surface area contributed by atoms with E-state index in [2.05, 4.69) is 9.97 Å². The van der Waals surface area contributed by atoms with E-state index in [0.717, 1.165) is 37.9 Å². The van der Waals surface area contributed by atoms with Crippen LogP contribution in [-0.4, -0.2) is 45.5 Å². The summed E-state index contributed by atoms with van der Waals surface area (Å²) >= 11 is 14.0. The molecule has 1 aliphatic rings. The van der Waals surface area contributed by atoms with Crippen LogP contribution in [0.2, 0.25) is 10.0 Å². The van der Waals surface area contributed by atoms with Gasteiger partial charge in [-0.05, 0) is 49.2 Å². The van der Waals surface area contributed by atoms with E-state index in [-0.39, 0.29) is 18.1 Å². The number of rotatable bonds is 4. The Morgan fingerprint density at radius 2 is 2.03 bits per heavy atom. The number of aromatic nitrogens is 3. The highest BCUT2D eigenvalue weighted by molar-refractivity contribution is 7.15. The number of ether oxygens (including phenoxy) is 1. The molecule has 0 aliphatic carbocycles. The van der Waals surface area contributed by atoms with Gasteiger partial charge in [-0.2, -0.15) is 0 Å². The first-order valence-corrected chi connectivity index (χ1v) is 12.1. The zero-order valence-corrected chi connectivity index (χ0v) is 20.7. The molecule has 2 atom stereocenters. The van der Waals surface area contributed by atoms with Crippen molar-refractivity contribution in [3.63, 3.8) is 0 Å². The molecule has 9 heteroatoms. The highest BCUT2D eigenvalue weighted by atomic mass is 35.5. The summed E-state index contributed by atoms with van der Waals surface area (Å²) in [5.74, 6) is 0.577. The number of aromatic amines is 1. The van der Waals surface area contributed by atoms with Gasteiger partial charge in [-0.15, -0.1) is 11.3 Å². The van der Waals surface area contributed by atoms with Gasteiger partial charge in [-0.25, -0.2) is 9.97 Å². The Balaban J connectivity index is 1.55. The van der Waals surface area contributed by atoms with Crippen molar-refractivity contribution in [3.05, 3.63) is 68.5 Å². The smallest absolute Gasteiger partial charge is 0.274 e. The number of methoxy groups -OCH3 is 1. The predicted octanol–water partition coefficient (Wildman–Crippen LogP) is 6.21. The number of hydrogen-bond donors (Lipinski definition) is 1. The molecule has 5 rings (SSSR count). The van der Waals surface area contributed by atoms with Crippen molar-refractivity contribution < 1.29 is 9.53 Å². The molecule has 3 heterocycles. The summed E-state index contributed by atoms with van der Waals surface area (Å²) in [5.41, 5.74) is 3.93. The van der Waals surface area contributed by atoms with Crippen molar-refractivity contribution in [2.75, 3.05) is 13.7 Å². The second kappa shape index (κ2) is 8.72. The number of benzene rings is 2. The van der Waals surface area contributed by atoms with E-state index >= 15 is 0 Å². The van der Waals surface area contributed by atoms with Crippen LogP contribution in [0.5, 0.6) is 0 Å². The monoisotopic (exact) mass is 500 g/mol. The molecule has 1 fully saturated rings. The third-order valence-electron chi connectivity index (χ3n) is 6.06. The third kappa shape index (κ3) is 4.04. The van der Waals surface area contributed by atoms with Crippen molar-refractivity contribution in [1.29, 1.82) is 0 Å². The van der Waals surface area contributed by atoms with Crippen LogP contribution >= 0.6 is 34.5 Å². The molecule has 1 N–H and O–H groups in total. The number of fused-ring (bicyclic) bond motifs is 1. The number of halogens is 2. The van der Waals surface area contributed by atoms with Gasteiger partial charge < -0.3 is 14.6 Å². The van der Waals surface area contributed by atoms with Gasteiger partial charge in [-0.1, -0.05) is 35.3 Å². The van der Waals surface area contributed by atoms with Gasteiger partial charge in [0.1, 0.15) is 11.5 Å². The number of H-pyrrole nitrogens is 1. The lowest BCUT2D eigenvalue weighted by Crippen LogP contribution is -2.33. The van der Waals surface area contributed by atoms with E-state index in [1.807, 2.05) is 55.1 Å². The minimum Gasteiger partial charge on any atom is -0.380 e. The molecule has 0 radical (unpaired) electrons. The fourth-order valence-electron chi connectivity index (χ4n) is 4.35. The highest BCUT2D eigenvalue weighted by Gasteiger charge is 2.40. The summed E-state index contributed by atoms with van der Waals surface area (Å²) in [6.45, 7) is 4.31. The zero-order chi connectivity index (χ0) is 23.3. The van der Waals surface area contributed by atoms with E-state index in [0.29, 0.717) is 28.7 Å². The molecule has 0 bridgehead atoms. The third-order valence-corrected chi connectivity index (χ3v) is 7.72. The first-order chi connectivity index (χ1) is 15.9. The van der Waals surface area contributed by atoms with Crippen molar-refractivity contribution in [3.8, 4) is 10.4 Å². The summed E-state index contributed by atoms with van der Waals surface area (Å²) in [6, 6.07) is 11.0. The number of aryl methyl sites for hydroxylation is 2. The van der Waals surface area contributed by atoms with Crippen LogP contribution in [0.15, 0.2) is 36.4 Å². The van der Waals surface area contributed by atoms with Crippen LogP contribution < -0.4 is 0 Å². The van der Waals surface area contributed by atoms with Crippen molar-refractivity contribution in [2.24, 2.45) is 0 Å². The number of carbonyl (C=O) groups is 1. The van der Waals surface area contributed by atoms with Crippen LogP contribution in [0.1, 0.15) is 39.3 Å². The fourth-order valence-corrected chi connectivity index (χ4v) is 5.60. The maximum atomic E-state index is 13.8. The van der Waals surface area contributed by atoms with Gasteiger partial charge in [0.15, 0.2) is 0 Å². The van der Waals surface area contributed by atoms with E-state index in [1.54, 1.807) is 7.11 Å². The molecule has 170 valence electrons. The lowest BCUT2D eigenvalue weighted by atomic mass is 10.1. The van der Waals surface area contributed by atoms with E-state index in [4.69, 9.17) is 32.9 Å². The van der Waals surface area contributed by atoms with Gasteiger partial charge in [0, 0.05) is 30.1 Å². The average Bonchev–Trinajstić information content (AvgIpc) is 3.52. The zero-order valence-electron chi connectivity index (χ0n) is 18.4. The molecule has 1 aliphatic heterocycles. The van der Waals surface area contributed by atoms with E-state index in [1.165, 1.54) is 11.3 Å². The lowest BCUT2D eigenvalue weighted by molar-refractivity contribution is 0.0680. The molecule has 2 aromatic heterocycles. The summed E-state index contributed by atoms with van der Waals surface area (Å²) in [6.07, 6.45) is 0.552. The fraction of sp³-hybridized carbons (Fsp3) is 0.292. The summed E-state index contributed by atoms with van der Waals surface area (Å²) in [5, 5.41) is 2.10. The van der Waals surface area contributed by atoms with Crippen LogP contribution in [0, 0.1) is 13.8 Å². The molecule has 0 unspecified atom stereocenters. The molecule has 0 saturated carbocycles. The van der Waals surface area contributed by atoms with Gasteiger partial charge in [0.2, 0.25) is 0 Å². The number of nitrogens with zero attached hydrogens (tertiary/aromatic N) is 3. The number of thiazole rings is 1. The van der Waals surface area contributed by atoms with Gasteiger partial charge in [-0.3, -0.25) is 4.79 Å². The Morgan fingerprint density at radius 1 is 1.21 bits per heavy atom. The minimum absolute atomic E-state index is 0.0915. The van der Waals surface area contributed by atoms with E-state index < -0.39 is 0 Å². The minimum atomic E-state index is -0.262. The number of carbonyl (C=O) groups excluding carboxylic acids is 1. The molecule has 4 aromatic rings. The number of imidazole rings is 1. The quantitative estimate of drug-likeness (QED) is 0.361.